The monoisotopic (exact) mass is 550 g/mol. The Bertz CT molecular complexity index is 1350. The zero-order valence-corrected chi connectivity index (χ0v) is 24.1. The molecule has 1 N–H and O–H groups in total. The van der Waals surface area contributed by atoms with E-state index in [0.717, 1.165) is 16.9 Å². The first kappa shape index (κ1) is 28.7. The van der Waals surface area contributed by atoms with Crippen LogP contribution < -0.4 is 9.46 Å². The fourth-order valence-corrected chi connectivity index (χ4v) is 6.04. The number of hydrogen-bond donors (Lipinski definition) is 1. The van der Waals surface area contributed by atoms with E-state index >= 15 is 0 Å². The van der Waals surface area contributed by atoms with Crippen molar-refractivity contribution in [3.8, 4) is 5.75 Å². The zero-order valence-electron chi connectivity index (χ0n) is 23.3. The van der Waals surface area contributed by atoms with Crippen molar-refractivity contribution in [2.45, 2.75) is 50.6 Å². The van der Waals surface area contributed by atoms with Gasteiger partial charge in [0.1, 0.15) is 18.0 Å². The van der Waals surface area contributed by atoms with Crippen molar-refractivity contribution in [2.75, 3.05) is 27.2 Å². The smallest absolute Gasteiger partial charge is 0.242 e. The van der Waals surface area contributed by atoms with Crippen LogP contribution in [0.5, 0.6) is 5.75 Å². The van der Waals surface area contributed by atoms with Crippen LogP contribution in [0.1, 0.15) is 49.2 Å². The average Bonchev–Trinajstić information content (AvgIpc) is 3.14. The van der Waals surface area contributed by atoms with Crippen LogP contribution >= 0.6 is 0 Å². The first-order chi connectivity index (χ1) is 18.5. The molecule has 8 nitrogen and oxygen atoms in total. The summed E-state index contributed by atoms with van der Waals surface area (Å²) >= 11 is 0. The number of carbonyl (C=O) groups is 1. The van der Waals surface area contributed by atoms with Gasteiger partial charge >= 0.3 is 0 Å². The summed E-state index contributed by atoms with van der Waals surface area (Å²) in [5.41, 5.74) is 3.90. The fraction of sp³-hybridized carbons (Fsp3) is 0.400. The molecule has 0 spiro atoms. The molecule has 0 bridgehead atoms. The minimum Gasteiger partial charge on any atom is -0.497 e. The molecule has 1 aliphatic heterocycles. The van der Waals surface area contributed by atoms with Crippen LogP contribution in [0.15, 0.2) is 73.1 Å². The molecular weight excluding hydrogens is 512 g/mol. The van der Waals surface area contributed by atoms with Gasteiger partial charge in [-0.15, -0.1) is 0 Å². The Morgan fingerprint density at radius 2 is 1.69 bits per heavy atom. The summed E-state index contributed by atoms with van der Waals surface area (Å²) in [7, 11) is -0.136. The molecule has 2 atom stereocenters. The second kappa shape index (κ2) is 11.9. The lowest BCUT2D eigenvalue weighted by molar-refractivity contribution is -0.130. The van der Waals surface area contributed by atoms with Crippen LogP contribution in [0.25, 0.3) is 0 Å². The largest absolute Gasteiger partial charge is 0.497 e. The summed E-state index contributed by atoms with van der Waals surface area (Å²) in [6.07, 6.45) is 3.49. The van der Waals surface area contributed by atoms with Crippen molar-refractivity contribution < 1.29 is 17.9 Å². The maximum absolute atomic E-state index is 13.7. The van der Waals surface area contributed by atoms with E-state index in [1.54, 1.807) is 25.4 Å². The van der Waals surface area contributed by atoms with Crippen LogP contribution in [0.2, 0.25) is 0 Å². The third-order valence-corrected chi connectivity index (χ3v) is 8.51. The lowest BCUT2D eigenvalue weighted by Gasteiger charge is -2.30. The highest BCUT2D eigenvalue weighted by Crippen LogP contribution is 2.34. The van der Waals surface area contributed by atoms with Crippen LogP contribution in [0.4, 0.5) is 0 Å². The molecule has 0 saturated carbocycles. The summed E-state index contributed by atoms with van der Waals surface area (Å²) < 4.78 is 33.5. The number of nitrogens with zero attached hydrogens (tertiary/aromatic N) is 3. The van der Waals surface area contributed by atoms with Gasteiger partial charge in [-0.2, -0.15) is 0 Å². The quantitative estimate of drug-likeness (QED) is 0.412. The Morgan fingerprint density at radius 1 is 1.00 bits per heavy atom. The predicted molar refractivity (Wildman–Crippen MR) is 153 cm³/mol. The van der Waals surface area contributed by atoms with Gasteiger partial charge < -0.3 is 9.64 Å². The molecule has 39 heavy (non-hydrogen) atoms. The maximum atomic E-state index is 13.7. The second-order valence-corrected chi connectivity index (χ2v) is 12.8. The molecule has 1 aliphatic rings. The van der Waals surface area contributed by atoms with Crippen LogP contribution in [0, 0.1) is 0 Å². The molecule has 2 heterocycles. The van der Waals surface area contributed by atoms with Gasteiger partial charge in [0.05, 0.1) is 12.9 Å². The molecular formula is C30H38N4O4S. The number of rotatable bonds is 10. The molecule has 0 aliphatic carbocycles. The van der Waals surface area contributed by atoms with E-state index in [1.165, 1.54) is 11.8 Å². The lowest BCUT2D eigenvalue weighted by atomic mass is 9.86. The molecule has 9 heteroatoms. The average molecular weight is 551 g/mol. The number of ether oxygens (including phenoxy) is 1. The first-order valence-electron chi connectivity index (χ1n) is 13.1. The number of likely N-dealkylation sites (N-methyl/N-ethyl adjacent to an activating group) is 1. The van der Waals surface area contributed by atoms with E-state index in [9.17, 15) is 13.2 Å². The molecule has 1 fully saturated rings. The highest BCUT2D eigenvalue weighted by Gasteiger charge is 2.44. The van der Waals surface area contributed by atoms with Gasteiger partial charge in [-0.05, 0) is 59.3 Å². The number of pyridine rings is 1. The number of nitrogens with one attached hydrogen (secondary N) is 1. The molecule has 2 aromatic carbocycles. The van der Waals surface area contributed by atoms with Crippen molar-refractivity contribution in [1.29, 1.82) is 0 Å². The van der Waals surface area contributed by atoms with Gasteiger partial charge in [-0.25, -0.2) is 13.1 Å². The fourth-order valence-electron chi connectivity index (χ4n) is 4.91. The van der Waals surface area contributed by atoms with Gasteiger partial charge in [0.25, 0.3) is 0 Å². The molecule has 1 aromatic heterocycles. The summed E-state index contributed by atoms with van der Waals surface area (Å²) in [5.74, 6) is 0.496. The van der Waals surface area contributed by atoms with Crippen molar-refractivity contribution in [3.63, 3.8) is 0 Å². The number of amides is 1. The predicted octanol–water partition coefficient (Wildman–Crippen LogP) is 3.89. The van der Waals surface area contributed by atoms with E-state index in [0.29, 0.717) is 18.5 Å². The van der Waals surface area contributed by atoms with Gasteiger partial charge in [0, 0.05) is 25.5 Å². The topological polar surface area (TPSA) is 91.8 Å². The van der Waals surface area contributed by atoms with E-state index in [1.807, 2.05) is 41.1 Å². The van der Waals surface area contributed by atoms with Gasteiger partial charge in [0.2, 0.25) is 15.9 Å². The molecule has 0 unspecified atom stereocenters. The summed E-state index contributed by atoms with van der Waals surface area (Å²) in [4.78, 5) is 21.6. The number of benzene rings is 2. The molecule has 208 valence electrons. The highest BCUT2D eigenvalue weighted by molar-refractivity contribution is 7.88. The minimum atomic E-state index is -3.65. The third-order valence-electron chi connectivity index (χ3n) is 7.19. The van der Waals surface area contributed by atoms with E-state index in [-0.39, 0.29) is 29.8 Å². The molecule has 4 rings (SSSR count). The van der Waals surface area contributed by atoms with Crippen molar-refractivity contribution in [2.24, 2.45) is 0 Å². The van der Waals surface area contributed by atoms with Gasteiger partial charge in [-0.3, -0.25) is 14.7 Å². The van der Waals surface area contributed by atoms with Gasteiger partial charge in [0.15, 0.2) is 0 Å². The number of methoxy groups -OCH3 is 1. The van der Waals surface area contributed by atoms with E-state index < -0.39 is 16.1 Å². The van der Waals surface area contributed by atoms with Crippen molar-refractivity contribution >= 4 is 15.9 Å². The van der Waals surface area contributed by atoms with Gasteiger partial charge in [-0.1, -0.05) is 63.2 Å². The van der Waals surface area contributed by atoms with Crippen molar-refractivity contribution in [3.05, 3.63) is 95.3 Å². The standard InChI is InChI=1S/C30H38N4O4S/c1-30(2,3)25-12-10-24(11-13-25)28-33(4)27(20-32-39(36,37)21-23-7-6-17-31-19-23)29(35)34(28)18-16-22-8-14-26(38-5)15-9-22/h6-15,17,19,27-28,32H,16,18,20-21H2,1-5H3/t27-,28+/m0/s1. The highest BCUT2D eigenvalue weighted by atomic mass is 32.2. The first-order valence-corrected chi connectivity index (χ1v) is 14.8. The molecule has 0 radical (unpaired) electrons. The van der Waals surface area contributed by atoms with E-state index in [2.05, 4.69) is 54.7 Å². The Kier molecular flexibility index (Phi) is 8.73. The number of hydrogen-bond acceptors (Lipinski definition) is 6. The summed E-state index contributed by atoms with van der Waals surface area (Å²) in [5, 5.41) is 0. The zero-order chi connectivity index (χ0) is 28.2. The minimum absolute atomic E-state index is 0.00641. The lowest BCUT2D eigenvalue weighted by Crippen LogP contribution is -2.42. The Morgan fingerprint density at radius 3 is 2.28 bits per heavy atom. The normalized spacial score (nSPS) is 18.5. The Labute approximate surface area is 232 Å². The number of sulfonamides is 1. The Hall–Kier alpha value is -3.27. The van der Waals surface area contributed by atoms with Crippen molar-refractivity contribution in [1.82, 2.24) is 19.5 Å². The third kappa shape index (κ3) is 7.03. The Balaban J connectivity index is 1.55. The van der Waals surface area contributed by atoms with E-state index in [4.69, 9.17) is 4.74 Å². The number of aromatic nitrogens is 1. The molecule has 1 amide bonds. The maximum Gasteiger partial charge on any atom is 0.242 e. The molecule has 3 aromatic rings. The van der Waals surface area contributed by atoms with Crippen LogP contribution in [-0.4, -0.2) is 62.4 Å². The summed E-state index contributed by atoms with van der Waals surface area (Å²) in [6, 6.07) is 19.0. The SMILES string of the molecule is COc1ccc(CCN2C(=O)[C@H](CNS(=O)(=O)Cc3cccnc3)N(C)[C@H]2c2ccc(C(C)(C)C)cc2)cc1. The second-order valence-electron chi connectivity index (χ2n) is 11.0. The molecule has 1 saturated heterocycles. The number of carbonyl (C=O) groups excluding carboxylic acids is 1. The van der Waals surface area contributed by atoms with Crippen LogP contribution in [-0.2, 0) is 32.4 Å². The summed E-state index contributed by atoms with van der Waals surface area (Å²) in [6.45, 7) is 7.00. The van der Waals surface area contributed by atoms with Crippen LogP contribution in [0.3, 0.4) is 0 Å².